The first-order chi connectivity index (χ1) is 19.7. The molecule has 3 atom stereocenters. The average molecular weight is 642 g/mol. The monoisotopic (exact) mass is 641 g/mol. The summed E-state index contributed by atoms with van der Waals surface area (Å²) >= 11 is 8.28. The van der Waals surface area contributed by atoms with E-state index in [-0.39, 0.29) is 34.0 Å². The summed E-state index contributed by atoms with van der Waals surface area (Å²) in [4.78, 5) is 74.3. The molecule has 42 heavy (non-hydrogen) atoms. The Balaban J connectivity index is 1.87. The molecule has 1 aromatic rings. The normalized spacial score (nSPS) is 19.4. The van der Waals surface area contributed by atoms with Gasteiger partial charge in [0.05, 0.1) is 0 Å². The maximum Gasteiger partial charge on any atom is 0.413 e. The van der Waals surface area contributed by atoms with Crippen molar-refractivity contribution in [1.82, 2.24) is 15.2 Å². The van der Waals surface area contributed by atoms with Crippen molar-refractivity contribution in [1.29, 1.82) is 0 Å². The fraction of sp³-hybridized carbons (Fsp3) is 0.522. The van der Waals surface area contributed by atoms with E-state index < -0.39 is 53.0 Å². The number of thioether (sulfide) groups is 1. The number of alkyl halides is 1. The van der Waals surface area contributed by atoms with Gasteiger partial charge in [-0.15, -0.1) is 34.7 Å². The molecule has 0 unspecified atom stereocenters. The van der Waals surface area contributed by atoms with Crippen molar-refractivity contribution in [3.63, 3.8) is 0 Å². The summed E-state index contributed by atoms with van der Waals surface area (Å²) in [5.41, 5.74) is -0.531. The van der Waals surface area contributed by atoms with Crippen LogP contribution in [0.4, 0.5) is 9.93 Å². The minimum absolute atomic E-state index is 0.00423. The van der Waals surface area contributed by atoms with E-state index in [2.05, 4.69) is 20.8 Å². The average Bonchev–Trinajstić information content (AvgIpc) is 3.38. The molecule has 3 rings (SSSR count). The Labute approximate surface area is 257 Å². The molecule has 2 N–H and O–H groups in total. The highest BCUT2D eigenvalue weighted by Gasteiger charge is 2.54. The molecule has 3 amide bonds. The van der Waals surface area contributed by atoms with Crippen LogP contribution in [0.2, 0.25) is 0 Å². The summed E-state index contributed by atoms with van der Waals surface area (Å²) in [6, 6.07) is -1.02. The molecule has 2 aliphatic heterocycles. The maximum absolute atomic E-state index is 13.5. The predicted molar refractivity (Wildman–Crippen MR) is 160 cm³/mol. The van der Waals surface area contributed by atoms with Crippen LogP contribution < -0.4 is 10.6 Å². The number of hydrogen-bond donors (Lipinski definition) is 2. The Morgan fingerprint density at radius 2 is 1.93 bits per heavy atom. The SMILES string of the molecule is BOC(=O)C1=C(CCl)CS[C@@H]2[C@H](NC(=O)/C(=N\O[C@H](C(=O)OB)C(C)C)c3csc(NC(=O)OC(C)(C)C)n3)C(=O)N12. The lowest BCUT2D eigenvalue weighted by molar-refractivity contribution is -0.150. The molecule has 3 heterocycles. The fourth-order valence-electron chi connectivity index (χ4n) is 3.78. The third-order valence-corrected chi connectivity index (χ3v) is 8.16. The number of rotatable bonds is 10. The second-order valence-corrected chi connectivity index (χ2v) is 12.6. The number of anilines is 1. The maximum atomic E-state index is 13.5. The minimum Gasteiger partial charge on any atom is -0.541 e. The lowest BCUT2D eigenvalue weighted by Gasteiger charge is -2.49. The van der Waals surface area contributed by atoms with Crippen LogP contribution in [0.1, 0.15) is 40.3 Å². The first-order valence-electron chi connectivity index (χ1n) is 12.6. The van der Waals surface area contributed by atoms with Gasteiger partial charge in [-0.2, -0.15) is 0 Å². The van der Waals surface area contributed by atoms with E-state index in [1.807, 2.05) is 0 Å². The number of aromatic nitrogens is 1. The van der Waals surface area contributed by atoms with E-state index in [1.54, 1.807) is 34.6 Å². The molecule has 0 bridgehead atoms. The summed E-state index contributed by atoms with van der Waals surface area (Å²) in [6.45, 7) is 8.50. The van der Waals surface area contributed by atoms with Crippen LogP contribution in [0, 0.1) is 5.92 Å². The topological polar surface area (TPSA) is 175 Å². The van der Waals surface area contributed by atoms with E-state index >= 15 is 0 Å². The summed E-state index contributed by atoms with van der Waals surface area (Å²) in [5, 5.41) is 9.96. The lowest BCUT2D eigenvalue weighted by Crippen LogP contribution is -2.71. The molecule has 0 aromatic carbocycles. The molecule has 0 aliphatic carbocycles. The quantitative estimate of drug-likeness (QED) is 0.118. The van der Waals surface area contributed by atoms with Gasteiger partial charge >= 0.3 is 34.1 Å². The number of halogens is 1. The summed E-state index contributed by atoms with van der Waals surface area (Å²) in [6.07, 6.45) is -1.90. The van der Waals surface area contributed by atoms with Gasteiger partial charge in [0.25, 0.3) is 11.8 Å². The molecular weight excluding hydrogens is 611 g/mol. The highest BCUT2D eigenvalue weighted by molar-refractivity contribution is 8.00. The highest BCUT2D eigenvalue weighted by atomic mass is 35.5. The third-order valence-electron chi connectivity index (χ3n) is 5.74. The van der Waals surface area contributed by atoms with Crippen molar-refractivity contribution in [2.24, 2.45) is 11.1 Å². The molecule has 1 fully saturated rings. The Morgan fingerprint density at radius 1 is 1.24 bits per heavy atom. The largest absolute Gasteiger partial charge is 0.541 e. The fourth-order valence-corrected chi connectivity index (χ4v) is 6.14. The Bertz CT molecular complexity index is 1320. The van der Waals surface area contributed by atoms with E-state index in [9.17, 15) is 24.0 Å². The molecule has 2 aliphatic rings. The molecule has 0 spiro atoms. The molecule has 226 valence electrons. The van der Waals surface area contributed by atoms with Gasteiger partial charge in [0.1, 0.15) is 28.4 Å². The van der Waals surface area contributed by atoms with Gasteiger partial charge in [0, 0.05) is 22.9 Å². The second kappa shape index (κ2) is 13.8. The van der Waals surface area contributed by atoms with Gasteiger partial charge in [-0.1, -0.05) is 19.0 Å². The molecule has 1 saturated heterocycles. The summed E-state index contributed by atoms with van der Waals surface area (Å²) in [7, 11) is 2.39. The van der Waals surface area contributed by atoms with E-state index in [4.69, 9.17) is 30.5 Å². The Morgan fingerprint density at radius 3 is 2.50 bits per heavy atom. The van der Waals surface area contributed by atoms with Gasteiger partial charge in [-0.3, -0.25) is 19.8 Å². The number of ether oxygens (including phenoxy) is 1. The second-order valence-electron chi connectivity index (χ2n) is 10.3. The zero-order chi connectivity index (χ0) is 31.4. The van der Waals surface area contributed by atoms with Gasteiger partial charge in [0.15, 0.2) is 10.8 Å². The standard InChI is InChI=1S/C23H30B2ClN5O9S2/c1-9(2)15(20(35)39-25)40-30-12(11-8-42-21(27-11)29-22(36)37-23(3,4)5)16(32)28-13-17(33)31-14(19(34)38-24)10(6-26)7-41-18(13)31/h8-9,13,15,18H,6-7,24-25H2,1-5H3,(H,28,32)(H,27,29,36)/b30-12-/t13-,15+,18-/m1/s1. The van der Waals surface area contributed by atoms with Crippen LogP contribution >= 0.6 is 34.7 Å². The number of β-lactam (4-membered cyclic amide) rings is 1. The zero-order valence-electron chi connectivity index (χ0n) is 24.0. The highest BCUT2D eigenvalue weighted by Crippen LogP contribution is 2.41. The Kier molecular flexibility index (Phi) is 10.9. The van der Waals surface area contributed by atoms with E-state index in [0.29, 0.717) is 11.3 Å². The minimum atomic E-state index is -1.15. The van der Waals surface area contributed by atoms with Gasteiger partial charge < -0.3 is 24.2 Å². The number of oxime groups is 1. The zero-order valence-corrected chi connectivity index (χ0v) is 26.4. The van der Waals surface area contributed by atoms with Crippen LogP contribution in [0.15, 0.2) is 21.8 Å². The van der Waals surface area contributed by atoms with Gasteiger partial charge in [-0.25, -0.2) is 19.4 Å². The van der Waals surface area contributed by atoms with Crippen LogP contribution in [-0.2, 0) is 38.1 Å². The van der Waals surface area contributed by atoms with Crippen LogP contribution in [0.25, 0.3) is 0 Å². The predicted octanol–water partition coefficient (Wildman–Crippen LogP) is 0.311. The smallest absolute Gasteiger partial charge is 0.413 e. The number of hydrogen-bond acceptors (Lipinski definition) is 13. The van der Waals surface area contributed by atoms with Crippen molar-refractivity contribution in [2.75, 3.05) is 16.9 Å². The van der Waals surface area contributed by atoms with Crippen molar-refractivity contribution < 1.29 is 42.9 Å². The molecule has 19 heteroatoms. The van der Waals surface area contributed by atoms with Crippen molar-refractivity contribution in [2.45, 2.75) is 57.7 Å². The van der Waals surface area contributed by atoms with Crippen LogP contribution in [-0.4, -0.2) is 96.3 Å². The number of thiazole rings is 1. The molecule has 14 nitrogen and oxygen atoms in total. The van der Waals surface area contributed by atoms with Crippen molar-refractivity contribution in [3.05, 3.63) is 22.3 Å². The lowest BCUT2D eigenvalue weighted by atomic mass is 10.0. The Hall–Kier alpha value is -3.24. The van der Waals surface area contributed by atoms with Gasteiger partial charge in [0.2, 0.25) is 6.10 Å². The summed E-state index contributed by atoms with van der Waals surface area (Å²) < 4.78 is 14.8. The van der Waals surface area contributed by atoms with E-state index in [0.717, 1.165) is 11.3 Å². The third kappa shape index (κ3) is 7.58. The number of carbonyl (C=O) groups is 5. The van der Waals surface area contributed by atoms with Crippen molar-refractivity contribution >= 4 is 91.5 Å². The van der Waals surface area contributed by atoms with Gasteiger partial charge in [-0.05, 0) is 26.3 Å². The van der Waals surface area contributed by atoms with E-state index in [1.165, 1.54) is 38.1 Å². The first kappa shape index (κ1) is 33.3. The van der Waals surface area contributed by atoms with Crippen LogP contribution in [0.5, 0.6) is 0 Å². The molecule has 1 aromatic heterocycles. The number of amides is 3. The first-order valence-corrected chi connectivity index (χ1v) is 15.1. The number of nitrogens with zero attached hydrogens (tertiary/aromatic N) is 3. The van der Waals surface area contributed by atoms with Crippen molar-refractivity contribution in [3.8, 4) is 0 Å². The number of fused-ring (bicyclic) bond motifs is 1. The van der Waals surface area contributed by atoms with Crippen LogP contribution in [0.3, 0.4) is 0 Å². The number of nitrogens with one attached hydrogen (secondary N) is 2. The molecule has 0 radical (unpaired) electrons. The number of carbonyl (C=O) groups excluding carboxylic acids is 5. The molecule has 0 saturated carbocycles. The molecular formula is C23H30B2ClN5O9S2. The summed E-state index contributed by atoms with van der Waals surface area (Å²) in [5.74, 6) is -2.81.